The number of pyridine rings is 1. The predicted molar refractivity (Wildman–Crippen MR) is 110 cm³/mol. The first-order valence-electron chi connectivity index (χ1n) is 9.22. The molecule has 2 N–H and O–H groups in total. The average molecular weight is 418 g/mol. The van der Waals surface area contributed by atoms with E-state index >= 15 is 0 Å². The van der Waals surface area contributed by atoms with Gasteiger partial charge in [0.05, 0.1) is 4.90 Å². The van der Waals surface area contributed by atoms with Crippen LogP contribution in [0.3, 0.4) is 0 Å². The average Bonchev–Trinajstić information content (AvgIpc) is 2.67. The lowest BCUT2D eigenvalue weighted by Crippen LogP contribution is -2.34. The van der Waals surface area contributed by atoms with Crippen molar-refractivity contribution in [3.8, 4) is 0 Å². The first-order valence-corrected chi connectivity index (χ1v) is 10.7. The van der Waals surface area contributed by atoms with E-state index in [1.54, 1.807) is 6.07 Å². The molecule has 0 unspecified atom stereocenters. The summed E-state index contributed by atoms with van der Waals surface area (Å²) in [5.74, 6) is -0.539. The minimum atomic E-state index is -3.97. The van der Waals surface area contributed by atoms with E-state index in [1.807, 2.05) is 26.0 Å². The number of aromatic amines is 1. The van der Waals surface area contributed by atoms with Crippen molar-refractivity contribution in [2.45, 2.75) is 31.7 Å². The van der Waals surface area contributed by atoms with Crippen molar-refractivity contribution in [2.75, 3.05) is 13.2 Å². The van der Waals surface area contributed by atoms with Crippen LogP contribution < -0.4 is 5.56 Å². The monoisotopic (exact) mass is 418 g/mol. The van der Waals surface area contributed by atoms with Crippen molar-refractivity contribution in [3.05, 3.63) is 75.3 Å². The van der Waals surface area contributed by atoms with Gasteiger partial charge in [-0.15, -0.1) is 0 Å². The summed E-state index contributed by atoms with van der Waals surface area (Å²) < 4.78 is 40.4. The van der Waals surface area contributed by atoms with Gasteiger partial charge < -0.3 is 10.1 Å². The molecule has 6 nitrogen and oxygen atoms in total. The fourth-order valence-electron chi connectivity index (χ4n) is 3.12. The van der Waals surface area contributed by atoms with Crippen molar-refractivity contribution in [1.82, 2.24) is 9.29 Å². The molecule has 0 aliphatic heterocycles. The molecule has 3 rings (SSSR count). The second-order valence-electron chi connectivity index (χ2n) is 7.02. The van der Waals surface area contributed by atoms with Gasteiger partial charge in [0, 0.05) is 30.8 Å². The zero-order chi connectivity index (χ0) is 21.2. The summed E-state index contributed by atoms with van der Waals surface area (Å²) in [5.41, 5.74) is 2.72. The Labute approximate surface area is 168 Å². The molecule has 0 spiro atoms. The van der Waals surface area contributed by atoms with E-state index in [9.17, 15) is 17.6 Å². The lowest BCUT2D eigenvalue weighted by molar-refractivity contribution is 0.267. The molecular formula is C21H23FN2O4S. The molecule has 3 aromatic rings. The van der Waals surface area contributed by atoms with E-state index in [0.29, 0.717) is 11.1 Å². The lowest BCUT2D eigenvalue weighted by atomic mass is 10.0. The molecule has 2 aromatic carbocycles. The molecule has 0 atom stereocenters. The Morgan fingerprint density at radius 3 is 2.38 bits per heavy atom. The number of nitrogens with zero attached hydrogens (tertiary/aromatic N) is 1. The maximum Gasteiger partial charge on any atom is 0.252 e. The Morgan fingerprint density at radius 2 is 1.72 bits per heavy atom. The van der Waals surface area contributed by atoms with Gasteiger partial charge in [0.1, 0.15) is 5.82 Å². The molecule has 0 saturated heterocycles. The standard InChI is InChI=1S/C21H23FN2O4S/c1-14-10-16-12-17(21(26)23-20(16)11-15(14)2)13-24(8-3-9-25)29(27,28)19-6-4-18(22)5-7-19/h4-7,10-12,25H,3,8-9,13H2,1-2H3,(H,23,26). The van der Waals surface area contributed by atoms with E-state index in [1.165, 1.54) is 12.1 Å². The SMILES string of the molecule is Cc1cc2cc(CN(CCCO)S(=O)(=O)c3ccc(F)cc3)c(=O)[nH]c2cc1C. The highest BCUT2D eigenvalue weighted by Crippen LogP contribution is 2.21. The van der Waals surface area contributed by atoms with Gasteiger partial charge in [-0.2, -0.15) is 4.31 Å². The Hall–Kier alpha value is -2.55. The Kier molecular flexibility index (Phi) is 6.16. The van der Waals surface area contributed by atoms with Gasteiger partial charge in [-0.25, -0.2) is 12.8 Å². The van der Waals surface area contributed by atoms with E-state index in [-0.39, 0.29) is 36.6 Å². The van der Waals surface area contributed by atoms with Crippen LogP contribution in [0.1, 0.15) is 23.1 Å². The number of aliphatic hydroxyl groups is 1. The van der Waals surface area contributed by atoms with Crippen LogP contribution >= 0.6 is 0 Å². The van der Waals surface area contributed by atoms with Crippen LogP contribution in [0.25, 0.3) is 10.9 Å². The number of sulfonamides is 1. The fraction of sp³-hybridized carbons (Fsp3) is 0.286. The van der Waals surface area contributed by atoms with E-state index < -0.39 is 15.8 Å². The molecule has 0 aliphatic rings. The third-order valence-corrected chi connectivity index (χ3v) is 6.76. The number of aliphatic hydroxyl groups excluding tert-OH is 1. The van der Waals surface area contributed by atoms with Gasteiger partial charge in [0.15, 0.2) is 0 Å². The quantitative estimate of drug-likeness (QED) is 0.617. The summed E-state index contributed by atoms with van der Waals surface area (Å²) in [6, 6.07) is 10.0. The zero-order valence-electron chi connectivity index (χ0n) is 16.3. The number of aryl methyl sites for hydroxylation is 2. The number of rotatable bonds is 7. The number of benzene rings is 2. The minimum absolute atomic E-state index is 0.0284. The van der Waals surface area contributed by atoms with Crippen LogP contribution in [0.2, 0.25) is 0 Å². The molecule has 0 aliphatic carbocycles. The Morgan fingerprint density at radius 1 is 1.07 bits per heavy atom. The van der Waals surface area contributed by atoms with E-state index in [2.05, 4.69) is 4.98 Å². The second kappa shape index (κ2) is 8.44. The van der Waals surface area contributed by atoms with Gasteiger partial charge in [0.25, 0.3) is 5.56 Å². The smallest absolute Gasteiger partial charge is 0.252 e. The van der Waals surface area contributed by atoms with Crippen molar-refractivity contribution in [3.63, 3.8) is 0 Å². The summed E-state index contributed by atoms with van der Waals surface area (Å²) in [5, 5.41) is 9.98. The highest BCUT2D eigenvalue weighted by molar-refractivity contribution is 7.89. The van der Waals surface area contributed by atoms with Crippen LogP contribution in [-0.2, 0) is 16.6 Å². The summed E-state index contributed by atoms with van der Waals surface area (Å²) in [4.78, 5) is 15.3. The predicted octanol–water partition coefficient (Wildman–Crippen LogP) is 2.86. The largest absolute Gasteiger partial charge is 0.396 e. The number of fused-ring (bicyclic) bond motifs is 1. The minimum Gasteiger partial charge on any atom is -0.396 e. The summed E-state index contributed by atoms with van der Waals surface area (Å²) in [7, 11) is -3.97. The van der Waals surface area contributed by atoms with Crippen molar-refractivity contribution >= 4 is 20.9 Å². The van der Waals surface area contributed by atoms with Gasteiger partial charge in [0.2, 0.25) is 10.0 Å². The molecule has 0 bridgehead atoms. The maximum absolute atomic E-state index is 13.2. The molecule has 29 heavy (non-hydrogen) atoms. The van der Waals surface area contributed by atoms with Crippen LogP contribution in [-0.4, -0.2) is 36.0 Å². The molecule has 8 heteroatoms. The Balaban J connectivity index is 2.02. The number of hydrogen-bond acceptors (Lipinski definition) is 4. The molecule has 0 saturated carbocycles. The maximum atomic E-state index is 13.2. The molecule has 0 amide bonds. The molecule has 154 valence electrons. The first-order chi connectivity index (χ1) is 13.7. The number of aromatic nitrogens is 1. The van der Waals surface area contributed by atoms with E-state index in [0.717, 1.165) is 33.0 Å². The molecule has 0 fully saturated rings. The summed E-state index contributed by atoms with van der Waals surface area (Å²) in [6.07, 6.45) is 0.213. The van der Waals surface area contributed by atoms with Gasteiger partial charge in [-0.3, -0.25) is 4.79 Å². The van der Waals surface area contributed by atoms with Crippen molar-refractivity contribution in [2.24, 2.45) is 0 Å². The van der Waals surface area contributed by atoms with Gasteiger partial charge in [-0.1, -0.05) is 0 Å². The Bertz CT molecular complexity index is 1190. The van der Waals surface area contributed by atoms with Crippen LogP contribution in [0.5, 0.6) is 0 Å². The normalized spacial score (nSPS) is 12.0. The molecule has 1 heterocycles. The van der Waals surface area contributed by atoms with Crippen LogP contribution in [0.4, 0.5) is 4.39 Å². The number of H-pyrrole nitrogens is 1. The second-order valence-corrected chi connectivity index (χ2v) is 8.96. The highest BCUT2D eigenvalue weighted by atomic mass is 32.2. The number of halogens is 1. The van der Waals surface area contributed by atoms with Crippen molar-refractivity contribution in [1.29, 1.82) is 0 Å². The van der Waals surface area contributed by atoms with Crippen LogP contribution in [0, 0.1) is 19.7 Å². The zero-order valence-corrected chi connectivity index (χ0v) is 17.1. The molecule has 0 radical (unpaired) electrons. The first kappa shape index (κ1) is 21.2. The summed E-state index contributed by atoms with van der Waals surface area (Å²) >= 11 is 0. The highest BCUT2D eigenvalue weighted by Gasteiger charge is 2.25. The number of nitrogens with one attached hydrogen (secondary N) is 1. The lowest BCUT2D eigenvalue weighted by Gasteiger charge is -2.22. The third kappa shape index (κ3) is 4.55. The molecular weight excluding hydrogens is 395 g/mol. The van der Waals surface area contributed by atoms with E-state index in [4.69, 9.17) is 5.11 Å². The van der Waals surface area contributed by atoms with Crippen molar-refractivity contribution < 1.29 is 17.9 Å². The summed E-state index contributed by atoms with van der Waals surface area (Å²) in [6.45, 7) is 3.60. The van der Waals surface area contributed by atoms with Gasteiger partial charge >= 0.3 is 0 Å². The third-order valence-electron chi connectivity index (χ3n) is 4.90. The van der Waals surface area contributed by atoms with Crippen LogP contribution in [0.15, 0.2) is 52.2 Å². The topological polar surface area (TPSA) is 90.5 Å². The molecule has 1 aromatic heterocycles. The fourth-order valence-corrected chi connectivity index (χ4v) is 4.57. The number of hydrogen-bond donors (Lipinski definition) is 2. The van der Waals surface area contributed by atoms with Gasteiger partial charge in [-0.05, 0) is 79.2 Å².